The van der Waals surface area contributed by atoms with Crippen LogP contribution in [0.2, 0.25) is 0 Å². The maximum absolute atomic E-state index is 12.9. The molecule has 0 radical (unpaired) electrons. The van der Waals surface area contributed by atoms with Gasteiger partial charge in [-0.05, 0) is 246 Å². The van der Waals surface area contributed by atoms with Crippen molar-refractivity contribution in [2.45, 2.75) is 195 Å². The highest BCUT2D eigenvalue weighted by Gasteiger charge is 2.37. The van der Waals surface area contributed by atoms with Crippen molar-refractivity contribution in [3.8, 4) is 41.8 Å². The molecule has 0 saturated heterocycles. The topological polar surface area (TPSA) is 178 Å². The van der Waals surface area contributed by atoms with Crippen LogP contribution < -0.4 is 0 Å². The van der Waals surface area contributed by atoms with Gasteiger partial charge in [-0.3, -0.25) is 19.6 Å². The number of carboxylic acid groups (broad SMARTS) is 3. The second kappa shape index (κ2) is 43.4. The van der Waals surface area contributed by atoms with E-state index in [-0.39, 0.29) is 11.9 Å². The Hall–Kier alpha value is -9.72. The molecule has 4 fully saturated rings. The smallest absolute Gasteiger partial charge is 0.348 e. The summed E-state index contributed by atoms with van der Waals surface area (Å²) >= 11 is 5.77. The average Bonchev–Trinajstić information content (AvgIpc) is 1.59. The first kappa shape index (κ1) is 91.0. The predicted molar refractivity (Wildman–Crippen MR) is 519 cm³/mol. The molecule has 13 nitrogen and oxygen atoms in total. The molecule has 658 valence electrons. The van der Waals surface area contributed by atoms with Crippen molar-refractivity contribution in [1.82, 2.24) is 19.7 Å². The fourth-order valence-electron chi connectivity index (χ4n) is 20.9. The van der Waals surface area contributed by atoms with Crippen molar-refractivity contribution in [3.05, 3.63) is 276 Å². The molecular formula is C109H124N4O9S4. The molecule has 3 N–H and O–H groups in total. The van der Waals surface area contributed by atoms with Gasteiger partial charge in [-0.25, -0.2) is 19.2 Å². The van der Waals surface area contributed by atoms with Gasteiger partial charge in [0.15, 0.2) is 0 Å². The number of thiophene rings is 4. The van der Waals surface area contributed by atoms with Crippen LogP contribution in [0.5, 0.6) is 0 Å². The van der Waals surface area contributed by atoms with E-state index in [0.717, 1.165) is 177 Å². The Morgan fingerprint density at radius 1 is 0.365 bits per heavy atom. The molecule has 5 aliphatic carbocycles. The van der Waals surface area contributed by atoms with Gasteiger partial charge in [0.25, 0.3) is 0 Å². The number of methoxy groups -OCH3 is 1. The number of aromatic carboxylic acids is 3. The summed E-state index contributed by atoms with van der Waals surface area (Å²) in [5.74, 6) is 2.87. The van der Waals surface area contributed by atoms with Gasteiger partial charge < -0.3 is 25.0 Å². The van der Waals surface area contributed by atoms with Crippen LogP contribution in [0, 0.1) is 47.3 Å². The fraction of sp³-hybridized carbons (Fsp3) is 0.413. The molecule has 4 saturated carbocycles. The first-order valence-electron chi connectivity index (χ1n) is 46.3. The molecule has 18 rings (SSSR count). The lowest BCUT2D eigenvalue weighted by Gasteiger charge is -2.37. The lowest BCUT2D eigenvalue weighted by Crippen LogP contribution is -2.37. The summed E-state index contributed by atoms with van der Waals surface area (Å²) < 4.78 is 5.25. The summed E-state index contributed by atoms with van der Waals surface area (Å²) in [6.45, 7) is 18.0. The largest absolute Gasteiger partial charge is 0.477 e. The number of ether oxygens (including phenoxy) is 1. The van der Waals surface area contributed by atoms with Crippen molar-refractivity contribution < 1.29 is 44.0 Å². The van der Waals surface area contributed by atoms with Crippen LogP contribution in [-0.4, -0.2) is 111 Å². The van der Waals surface area contributed by atoms with E-state index in [4.69, 9.17) is 4.74 Å². The molecule has 0 bridgehead atoms. The quantitative estimate of drug-likeness (QED) is 0.0616. The highest BCUT2D eigenvalue weighted by molar-refractivity contribution is 7.18. The van der Waals surface area contributed by atoms with Gasteiger partial charge in [-0.2, -0.15) is 0 Å². The monoisotopic (exact) mass is 1760 g/mol. The highest BCUT2D eigenvalue weighted by Crippen LogP contribution is 2.51. The summed E-state index contributed by atoms with van der Waals surface area (Å²) in [5, 5.41) is 29.9. The molecule has 8 heterocycles. The zero-order chi connectivity index (χ0) is 87.7. The number of carbonyl (C=O) groups excluding carboxylic acids is 2. The molecule has 17 heteroatoms. The summed E-state index contributed by atoms with van der Waals surface area (Å²) in [7, 11) is 1.49. The van der Waals surface area contributed by atoms with Crippen LogP contribution >= 0.6 is 45.3 Å². The zero-order valence-electron chi connectivity index (χ0n) is 74.3. The van der Waals surface area contributed by atoms with Crippen LogP contribution in [0.25, 0.3) is 64.1 Å². The SMILES string of the molecule is CC(=O)N1CCC(c2cc(-c3ccccc3)sc2C(=O)O)=C(C2CCC(C)CC2)C1.CC1CCC(C2=C(c3cc(-c4ccccc4)sc3C(=O)O)CCCC2)CC1.CC1CCC(C2=C(c3cc(-c4ccccc4)sc3C(=O)O)CCN(Cc3cccnc3)C2)CC1.COC(=O)c1sc(-c2ccccc2)cc1C1=C(C2CCC(C)CC2)CN(Cc2ccccc2)CC1. The van der Waals surface area contributed by atoms with Gasteiger partial charge in [0.2, 0.25) is 5.91 Å². The van der Waals surface area contributed by atoms with E-state index in [2.05, 4.69) is 152 Å². The molecule has 5 aromatic carbocycles. The molecule has 1 amide bonds. The minimum absolute atomic E-state index is 0.101. The summed E-state index contributed by atoms with van der Waals surface area (Å²) in [5.41, 5.74) is 22.0. The Bertz CT molecular complexity index is 5500. The Morgan fingerprint density at radius 2 is 0.675 bits per heavy atom. The fourth-order valence-corrected chi connectivity index (χ4v) is 25.1. The normalized spacial score (nSPS) is 22.0. The van der Waals surface area contributed by atoms with Crippen LogP contribution in [-0.2, 0) is 22.6 Å². The molecule has 10 aromatic rings. The third kappa shape index (κ3) is 22.7. The minimum atomic E-state index is -0.865. The Kier molecular flexibility index (Phi) is 31.4. The third-order valence-electron chi connectivity index (χ3n) is 28.1. The van der Waals surface area contributed by atoms with Crippen molar-refractivity contribution >= 4 is 97.4 Å². The molecule has 8 aliphatic rings. The van der Waals surface area contributed by atoms with E-state index in [1.807, 2.05) is 96.2 Å². The number of allylic oxidation sites excluding steroid dienone is 2. The van der Waals surface area contributed by atoms with E-state index in [1.165, 1.54) is 188 Å². The lowest BCUT2D eigenvalue weighted by atomic mass is 9.73. The number of rotatable bonds is 20. The maximum Gasteiger partial charge on any atom is 0.348 e. The number of pyridine rings is 1. The van der Waals surface area contributed by atoms with Crippen molar-refractivity contribution in [2.24, 2.45) is 47.3 Å². The lowest BCUT2D eigenvalue weighted by molar-refractivity contribution is -0.128. The molecule has 0 atom stereocenters. The van der Waals surface area contributed by atoms with Crippen molar-refractivity contribution in [2.75, 3.05) is 46.4 Å². The number of hydrogen-bond donors (Lipinski definition) is 3. The summed E-state index contributed by atoms with van der Waals surface area (Å²) in [4.78, 5) is 79.2. The number of nitrogens with zero attached hydrogens (tertiary/aromatic N) is 4. The molecular weight excluding hydrogens is 1640 g/mol. The first-order chi connectivity index (χ1) is 61.3. The van der Waals surface area contributed by atoms with Crippen LogP contribution in [0.15, 0.2) is 223 Å². The van der Waals surface area contributed by atoms with Crippen molar-refractivity contribution in [1.29, 1.82) is 0 Å². The average molecular weight is 1760 g/mol. The Labute approximate surface area is 762 Å². The third-order valence-corrected chi connectivity index (χ3v) is 32.8. The summed E-state index contributed by atoms with van der Waals surface area (Å²) in [6.07, 6.45) is 30.9. The highest BCUT2D eigenvalue weighted by atomic mass is 32.1. The minimum Gasteiger partial charge on any atom is -0.477 e. The number of amides is 1. The standard InChI is InChI=1S/C31H35NO2S.C29H32N2O2S.C25H29NO3S.C24H28O2S/c1-22-13-15-24(16-14-22)28-21-32(20-23-9-5-3-6-10-23)18-17-26(28)27-19-29(25-11-7-4-8-12-25)35-30(27)31(33)34-2;1-20-9-11-22(12-10-20)26-19-31(18-21-6-5-14-30-17-21)15-13-24(26)25-16-27(34-28(25)29(32)33)23-7-3-2-4-8-23;1-16-8-10-18(11-9-16)22-15-26(17(2)27)13-12-20(22)21-14-23(30-24(21)25(28)29)19-6-4-3-5-7-19;1-16-11-13-17(14-12-16)19-9-5-6-10-20(19)21-15-22(27-23(21)24(25)26)18-7-3-2-4-8-18/h3-12,19,22,24H,13-18,20-21H2,1-2H3;2-8,14,16-17,20,22H,9-13,15,18-19H2,1H3,(H,32,33);3-7,14,16,18H,8-13,15H2,1-2H3,(H,28,29);2-4,7-8,15-17H,5-6,9-14H2,1H3,(H,25,26). The van der Waals surface area contributed by atoms with Crippen molar-refractivity contribution in [3.63, 3.8) is 0 Å². The number of hydrogen-bond acceptors (Lipinski definition) is 13. The van der Waals surface area contributed by atoms with E-state index in [0.29, 0.717) is 51.4 Å². The van der Waals surface area contributed by atoms with Gasteiger partial charge >= 0.3 is 23.9 Å². The van der Waals surface area contributed by atoms with Crippen LogP contribution in [0.1, 0.15) is 254 Å². The maximum atomic E-state index is 12.9. The van der Waals surface area contributed by atoms with Gasteiger partial charge in [-0.15, -0.1) is 45.3 Å². The molecule has 0 unspecified atom stereocenters. The predicted octanol–water partition coefficient (Wildman–Crippen LogP) is 27.9. The molecule has 5 aromatic heterocycles. The van der Waals surface area contributed by atoms with E-state index in [1.54, 1.807) is 29.4 Å². The second-order valence-corrected chi connectivity index (χ2v) is 41.0. The van der Waals surface area contributed by atoms with Gasteiger partial charge in [0.1, 0.15) is 19.5 Å². The van der Waals surface area contributed by atoms with Crippen LogP contribution in [0.4, 0.5) is 0 Å². The number of benzene rings is 5. The number of carbonyl (C=O) groups is 5. The van der Waals surface area contributed by atoms with Gasteiger partial charge in [-0.1, -0.05) is 242 Å². The Balaban J connectivity index is 0.000000130. The van der Waals surface area contributed by atoms with Gasteiger partial charge in [0.05, 0.1) is 7.11 Å². The van der Waals surface area contributed by atoms with Gasteiger partial charge in [0, 0.05) is 113 Å². The molecule has 0 spiro atoms. The molecule has 3 aliphatic heterocycles. The number of esters is 1. The summed E-state index contributed by atoms with van der Waals surface area (Å²) in [6, 6.07) is 64.2. The van der Waals surface area contributed by atoms with E-state index >= 15 is 0 Å². The second-order valence-electron chi connectivity index (χ2n) is 36.8. The number of aromatic nitrogens is 1. The van der Waals surface area contributed by atoms with E-state index < -0.39 is 17.9 Å². The first-order valence-corrected chi connectivity index (χ1v) is 49.6. The van der Waals surface area contributed by atoms with Crippen LogP contribution in [0.3, 0.4) is 0 Å². The zero-order valence-corrected chi connectivity index (χ0v) is 77.6. The van der Waals surface area contributed by atoms with E-state index in [9.17, 15) is 39.3 Å². The number of carboxylic acids is 3. The molecule has 126 heavy (non-hydrogen) atoms. The Morgan fingerprint density at radius 3 is 1.02 bits per heavy atom.